The lowest BCUT2D eigenvalue weighted by Crippen LogP contribution is -2.33. The first-order valence-corrected chi connectivity index (χ1v) is 8.75. The third-order valence-corrected chi connectivity index (χ3v) is 5.37. The summed E-state index contributed by atoms with van der Waals surface area (Å²) in [4.78, 5) is 11.3. The van der Waals surface area contributed by atoms with Crippen LogP contribution in [0.3, 0.4) is 0 Å². The molecule has 0 saturated carbocycles. The Bertz CT molecular complexity index is 641. The molecule has 0 aromatic heterocycles. The van der Waals surface area contributed by atoms with Crippen LogP contribution in [0.2, 0.25) is 5.02 Å². The highest BCUT2D eigenvalue weighted by Gasteiger charge is 2.22. The minimum atomic E-state index is -3.73. The van der Waals surface area contributed by atoms with Crippen LogP contribution in [0, 0.1) is 5.92 Å². The van der Waals surface area contributed by atoms with Gasteiger partial charge in [-0.1, -0.05) is 11.6 Å². The van der Waals surface area contributed by atoms with E-state index in [1.54, 1.807) is 0 Å². The van der Waals surface area contributed by atoms with E-state index in [0.717, 1.165) is 19.4 Å². The van der Waals surface area contributed by atoms with E-state index in [1.165, 1.54) is 25.3 Å². The van der Waals surface area contributed by atoms with Gasteiger partial charge in [0.25, 0.3) is 0 Å². The van der Waals surface area contributed by atoms with Gasteiger partial charge in [-0.05, 0) is 37.0 Å². The quantitative estimate of drug-likeness (QED) is 0.822. The largest absolute Gasteiger partial charge is 0.465 e. The molecule has 1 saturated heterocycles. The maximum atomic E-state index is 12.3. The van der Waals surface area contributed by atoms with Gasteiger partial charge >= 0.3 is 5.97 Å². The summed E-state index contributed by atoms with van der Waals surface area (Å²) >= 11 is 5.98. The van der Waals surface area contributed by atoms with Crippen molar-refractivity contribution in [2.24, 2.45) is 5.92 Å². The highest BCUT2D eigenvalue weighted by atomic mass is 35.5. The summed E-state index contributed by atoms with van der Waals surface area (Å²) in [5, 5.41) is -0.0182. The normalized spacial score (nSPS) is 18.9. The van der Waals surface area contributed by atoms with E-state index in [2.05, 4.69) is 9.46 Å². The number of carbonyl (C=O) groups is 1. The topological polar surface area (TPSA) is 81.7 Å². The minimum absolute atomic E-state index is 0.0182. The van der Waals surface area contributed by atoms with Gasteiger partial charge < -0.3 is 9.47 Å². The van der Waals surface area contributed by atoms with Gasteiger partial charge in [-0.3, -0.25) is 0 Å². The second-order valence-corrected chi connectivity index (χ2v) is 7.21. The molecule has 22 heavy (non-hydrogen) atoms. The van der Waals surface area contributed by atoms with Gasteiger partial charge in [0.05, 0.1) is 24.3 Å². The monoisotopic (exact) mass is 347 g/mol. The van der Waals surface area contributed by atoms with Crippen molar-refractivity contribution in [1.29, 1.82) is 0 Å². The number of sulfonamides is 1. The van der Waals surface area contributed by atoms with Crippen molar-refractivity contribution in [3.8, 4) is 0 Å². The third kappa shape index (κ3) is 4.19. The van der Waals surface area contributed by atoms with Gasteiger partial charge in [-0.15, -0.1) is 0 Å². The van der Waals surface area contributed by atoms with Crippen molar-refractivity contribution >= 4 is 27.6 Å². The Morgan fingerprint density at radius 1 is 1.50 bits per heavy atom. The molecule has 1 aromatic carbocycles. The van der Waals surface area contributed by atoms with Crippen LogP contribution in [0.5, 0.6) is 0 Å². The van der Waals surface area contributed by atoms with Crippen LogP contribution in [-0.2, 0) is 19.5 Å². The Labute approximate surface area is 134 Å². The van der Waals surface area contributed by atoms with Gasteiger partial charge in [0.15, 0.2) is 0 Å². The van der Waals surface area contributed by atoms with E-state index in [4.69, 9.17) is 16.3 Å². The van der Waals surface area contributed by atoms with Crippen LogP contribution in [0.4, 0.5) is 0 Å². The number of hydrogen-bond acceptors (Lipinski definition) is 5. The number of halogens is 1. The summed E-state index contributed by atoms with van der Waals surface area (Å²) in [5.41, 5.74) is 0.201. The van der Waals surface area contributed by atoms with E-state index in [9.17, 15) is 13.2 Å². The summed E-state index contributed by atoms with van der Waals surface area (Å²) in [6.45, 7) is 1.58. The summed E-state index contributed by atoms with van der Waals surface area (Å²) in [7, 11) is -2.48. The number of rotatable bonds is 5. The highest BCUT2D eigenvalue weighted by molar-refractivity contribution is 7.89. The molecular weight excluding hydrogens is 330 g/mol. The fourth-order valence-corrected chi connectivity index (χ4v) is 3.90. The number of esters is 1. The predicted molar refractivity (Wildman–Crippen MR) is 81.5 cm³/mol. The van der Waals surface area contributed by atoms with E-state index in [-0.39, 0.29) is 21.4 Å². The van der Waals surface area contributed by atoms with E-state index < -0.39 is 16.0 Å². The lowest BCUT2D eigenvalue weighted by atomic mass is 10.0. The number of ether oxygens (including phenoxy) is 2. The fraction of sp³-hybridized carbons (Fsp3) is 0.500. The van der Waals surface area contributed by atoms with Crippen LogP contribution in [0.1, 0.15) is 23.2 Å². The summed E-state index contributed by atoms with van der Waals surface area (Å²) in [6, 6.07) is 3.95. The average molecular weight is 348 g/mol. The first kappa shape index (κ1) is 17.2. The summed E-state index contributed by atoms with van der Waals surface area (Å²) < 4.78 is 37.0. The van der Waals surface area contributed by atoms with Crippen LogP contribution < -0.4 is 4.72 Å². The molecule has 0 amide bonds. The van der Waals surface area contributed by atoms with E-state index >= 15 is 0 Å². The Morgan fingerprint density at radius 2 is 2.27 bits per heavy atom. The maximum Gasteiger partial charge on any atom is 0.337 e. The average Bonchev–Trinajstić information content (AvgIpc) is 2.53. The van der Waals surface area contributed by atoms with Gasteiger partial charge in [0.1, 0.15) is 4.90 Å². The lowest BCUT2D eigenvalue weighted by Gasteiger charge is -2.22. The molecule has 8 heteroatoms. The molecule has 122 valence electrons. The molecule has 1 atom stereocenters. The number of carbonyl (C=O) groups excluding carboxylic acids is 1. The van der Waals surface area contributed by atoms with Crippen molar-refractivity contribution in [1.82, 2.24) is 4.72 Å². The number of methoxy groups -OCH3 is 1. The zero-order valence-corrected chi connectivity index (χ0v) is 13.7. The fourth-order valence-electron chi connectivity index (χ4n) is 2.24. The Balaban J connectivity index is 2.09. The molecule has 1 aliphatic rings. The van der Waals surface area contributed by atoms with Crippen molar-refractivity contribution < 1.29 is 22.7 Å². The van der Waals surface area contributed by atoms with E-state index in [0.29, 0.717) is 13.2 Å². The highest BCUT2D eigenvalue weighted by Crippen LogP contribution is 2.23. The van der Waals surface area contributed by atoms with Crippen molar-refractivity contribution in [2.75, 3.05) is 26.9 Å². The summed E-state index contributed by atoms with van der Waals surface area (Å²) in [5.74, 6) is -0.408. The first-order chi connectivity index (χ1) is 10.4. The van der Waals surface area contributed by atoms with E-state index in [1.807, 2.05) is 0 Å². The molecule has 1 heterocycles. The molecule has 1 N–H and O–H groups in total. The van der Waals surface area contributed by atoms with Gasteiger partial charge in [0, 0.05) is 13.2 Å². The Kier molecular flexibility index (Phi) is 5.80. The molecule has 1 fully saturated rings. The van der Waals surface area contributed by atoms with Crippen LogP contribution in [-0.4, -0.2) is 41.3 Å². The van der Waals surface area contributed by atoms with Crippen molar-refractivity contribution in [2.45, 2.75) is 17.7 Å². The molecule has 1 aromatic rings. The lowest BCUT2D eigenvalue weighted by molar-refractivity contribution is 0.0567. The minimum Gasteiger partial charge on any atom is -0.465 e. The second kappa shape index (κ2) is 7.41. The molecular formula is C14H18ClNO5S. The molecule has 0 aliphatic carbocycles. The zero-order valence-electron chi connectivity index (χ0n) is 12.2. The Hall–Kier alpha value is -1.15. The van der Waals surface area contributed by atoms with Crippen LogP contribution in [0.25, 0.3) is 0 Å². The number of benzene rings is 1. The molecule has 2 rings (SSSR count). The Morgan fingerprint density at radius 3 is 2.86 bits per heavy atom. The summed E-state index contributed by atoms with van der Waals surface area (Å²) in [6.07, 6.45) is 1.86. The standard InChI is InChI=1S/C14H18ClNO5S/c1-20-14(17)11-4-5-13(12(15)7-11)22(18,19)16-8-10-3-2-6-21-9-10/h4-5,7,10,16H,2-3,6,8-9H2,1H3. The van der Waals surface area contributed by atoms with Gasteiger partial charge in [-0.2, -0.15) is 0 Å². The van der Waals surface area contributed by atoms with Crippen molar-refractivity contribution in [3.05, 3.63) is 28.8 Å². The molecule has 0 radical (unpaired) electrons. The SMILES string of the molecule is COC(=O)c1ccc(S(=O)(=O)NCC2CCCOC2)c(Cl)c1. The second-order valence-electron chi connectivity index (χ2n) is 5.07. The van der Waals surface area contributed by atoms with Gasteiger partial charge in [-0.25, -0.2) is 17.9 Å². The van der Waals surface area contributed by atoms with Gasteiger partial charge in [0.2, 0.25) is 10.0 Å². The molecule has 0 spiro atoms. The molecule has 0 bridgehead atoms. The van der Waals surface area contributed by atoms with Crippen molar-refractivity contribution in [3.63, 3.8) is 0 Å². The maximum absolute atomic E-state index is 12.3. The predicted octanol–water partition coefficient (Wildman–Crippen LogP) is 1.83. The number of hydrogen-bond donors (Lipinski definition) is 1. The zero-order chi connectivity index (χ0) is 16.2. The van der Waals surface area contributed by atoms with Crippen LogP contribution >= 0.6 is 11.6 Å². The number of nitrogens with one attached hydrogen (secondary N) is 1. The third-order valence-electron chi connectivity index (χ3n) is 3.46. The van der Waals surface area contributed by atoms with Crippen LogP contribution in [0.15, 0.2) is 23.1 Å². The molecule has 1 aliphatic heterocycles. The first-order valence-electron chi connectivity index (χ1n) is 6.89. The molecule has 1 unspecified atom stereocenters. The molecule has 6 nitrogen and oxygen atoms in total. The smallest absolute Gasteiger partial charge is 0.337 e.